The fourth-order valence-corrected chi connectivity index (χ4v) is 2.14. The molecule has 1 aromatic heterocycles. The quantitative estimate of drug-likeness (QED) is 0.634. The minimum atomic E-state index is -4.17. The maximum atomic E-state index is 12.1. The van der Waals surface area contributed by atoms with Crippen LogP contribution >= 0.6 is 0 Å². The second kappa shape index (κ2) is 6.77. The molecule has 0 unspecified atom stereocenters. The Bertz CT molecular complexity index is 494. The number of fused-ring (bicyclic) bond motifs is 1. The van der Waals surface area contributed by atoms with Crippen molar-refractivity contribution in [3.8, 4) is 0 Å². The molecule has 21 heavy (non-hydrogen) atoms. The van der Waals surface area contributed by atoms with E-state index in [-0.39, 0.29) is 6.54 Å². The normalized spacial score (nSPS) is 15.1. The molecule has 0 bridgehead atoms. The number of rotatable bonds is 5. The molecular weight excluding hydrogens is 285 g/mol. The maximum absolute atomic E-state index is 12.1. The third-order valence-corrected chi connectivity index (χ3v) is 3.11. The third-order valence-electron chi connectivity index (χ3n) is 3.11. The summed E-state index contributed by atoms with van der Waals surface area (Å²) in [7, 11) is 0. The van der Waals surface area contributed by atoms with Gasteiger partial charge in [-0.05, 0) is 13.3 Å². The lowest BCUT2D eigenvalue weighted by atomic mass is 10.4. The van der Waals surface area contributed by atoms with E-state index in [1.807, 2.05) is 11.5 Å². The highest BCUT2D eigenvalue weighted by Gasteiger charge is 2.26. The van der Waals surface area contributed by atoms with Gasteiger partial charge in [-0.3, -0.25) is 0 Å². The zero-order valence-electron chi connectivity index (χ0n) is 11.9. The van der Waals surface area contributed by atoms with Gasteiger partial charge in [0.05, 0.1) is 6.42 Å². The van der Waals surface area contributed by atoms with Crippen LogP contribution in [-0.4, -0.2) is 40.0 Å². The van der Waals surface area contributed by atoms with Crippen LogP contribution in [0.1, 0.15) is 31.4 Å². The smallest absolute Gasteiger partial charge is 0.357 e. The Hall–Kier alpha value is -1.80. The zero-order chi connectivity index (χ0) is 15.3. The van der Waals surface area contributed by atoms with E-state index in [0.29, 0.717) is 19.0 Å². The predicted octanol–water partition coefficient (Wildman–Crippen LogP) is 1.23. The van der Waals surface area contributed by atoms with Gasteiger partial charge >= 0.3 is 6.18 Å². The van der Waals surface area contributed by atoms with Crippen LogP contribution in [0.15, 0.2) is 4.99 Å². The molecule has 0 aliphatic carbocycles. The number of nitrogens with zero attached hydrogens (tertiary/aromatic N) is 4. The molecule has 9 heteroatoms. The van der Waals surface area contributed by atoms with Gasteiger partial charge in [-0.1, -0.05) is 0 Å². The lowest BCUT2D eigenvalue weighted by Gasteiger charge is -2.12. The van der Waals surface area contributed by atoms with Crippen molar-refractivity contribution in [3.63, 3.8) is 0 Å². The number of alkyl halides is 3. The molecule has 0 fully saturated rings. The molecule has 0 spiro atoms. The minimum absolute atomic E-state index is 0.201. The van der Waals surface area contributed by atoms with E-state index in [2.05, 4.69) is 25.8 Å². The first-order chi connectivity index (χ1) is 9.99. The Balaban J connectivity index is 1.90. The van der Waals surface area contributed by atoms with Crippen molar-refractivity contribution in [2.24, 2.45) is 4.99 Å². The summed E-state index contributed by atoms with van der Waals surface area (Å²) in [4.78, 5) is 4.26. The summed E-state index contributed by atoms with van der Waals surface area (Å²) in [6, 6.07) is 0. The van der Waals surface area contributed by atoms with E-state index in [9.17, 15) is 13.2 Å². The SMILES string of the molecule is CCNC(=NCc1nnc2n1CCC2)NCCC(F)(F)F. The van der Waals surface area contributed by atoms with Crippen LogP contribution in [-0.2, 0) is 19.5 Å². The minimum Gasteiger partial charge on any atom is -0.357 e. The fraction of sp³-hybridized carbons (Fsp3) is 0.750. The van der Waals surface area contributed by atoms with Crippen LogP contribution < -0.4 is 10.6 Å². The molecule has 0 saturated carbocycles. The molecule has 0 saturated heterocycles. The monoisotopic (exact) mass is 304 g/mol. The van der Waals surface area contributed by atoms with E-state index < -0.39 is 12.6 Å². The highest BCUT2D eigenvalue weighted by atomic mass is 19.4. The van der Waals surface area contributed by atoms with E-state index >= 15 is 0 Å². The summed E-state index contributed by atoms with van der Waals surface area (Å²) < 4.78 is 38.4. The number of guanidine groups is 1. The van der Waals surface area contributed by atoms with Crippen molar-refractivity contribution < 1.29 is 13.2 Å². The molecular formula is C12H19F3N6. The van der Waals surface area contributed by atoms with Crippen LogP contribution in [0, 0.1) is 0 Å². The fourth-order valence-electron chi connectivity index (χ4n) is 2.14. The van der Waals surface area contributed by atoms with Gasteiger partial charge in [-0.2, -0.15) is 13.2 Å². The predicted molar refractivity (Wildman–Crippen MR) is 71.8 cm³/mol. The Labute approximate surface area is 120 Å². The number of aliphatic imine (C=N–C) groups is 1. The second-order valence-corrected chi connectivity index (χ2v) is 4.77. The van der Waals surface area contributed by atoms with Gasteiger partial charge in [0.1, 0.15) is 12.4 Å². The topological polar surface area (TPSA) is 67.1 Å². The van der Waals surface area contributed by atoms with Crippen molar-refractivity contribution in [1.29, 1.82) is 0 Å². The van der Waals surface area contributed by atoms with Gasteiger partial charge in [0.25, 0.3) is 0 Å². The van der Waals surface area contributed by atoms with Gasteiger partial charge in [0.2, 0.25) is 0 Å². The molecule has 0 atom stereocenters. The number of hydrogen-bond donors (Lipinski definition) is 2. The number of aromatic nitrogens is 3. The maximum Gasteiger partial charge on any atom is 0.390 e. The molecule has 2 heterocycles. The van der Waals surface area contributed by atoms with E-state index in [4.69, 9.17) is 0 Å². The molecule has 2 N–H and O–H groups in total. The average molecular weight is 304 g/mol. The summed E-state index contributed by atoms with van der Waals surface area (Å²) in [5.41, 5.74) is 0. The highest BCUT2D eigenvalue weighted by Crippen LogP contribution is 2.18. The molecule has 118 valence electrons. The van der Waals surface area contributed by atoms with Crippen LogP contribution in [0.25, 0.3) is 0 Å². The first-order valence-electron chi connectivity index (χ1n) is 6.99. The van der Waals surface area contributed by atoms with E-state index in [1.54, 1.807) is 0 Å². The molecule has 2 rings (SSSR count). The van der Waals surface area contributed by atoms with Gasteiger partial charge in [-0.15, -0.1) is 10.2 Å². The molecule has 1 aliphatic heterocycles. The van der Waals surface area contributed by atoms with Gasteiger partial charge < -0.3 is 15.2 Å². The summed E-state index contributed by atoms with van der Waals surface area (Å²) in [5.74, 6) is 2.06. The first kappa shape index (κ1) is 15.6. The number of hydrogen-bond acceptors (Lipinski definition) is 3. The molecule has 0 aromatic carbocycles. The van der Waals surface area contributed by atoms with Gasteiger partial charge in [0, 0.05) is 26.1 Å². The van der Waals surface area contributed by atoms with Crippen LogP contribution in [0.4, 0.5) is 13.2 Å². The first-order valence-corrected chi connectivity index (χ1v) is 6.99. The molecule has 1 aromatic rings. The van der Waals surface area contributed by atoms with Crippen molar-refractivity contribution >= 4 is 5.96 Å². The average Bonchev–Trinajstić information content (AvgIpc) is 2.97. The van der Waals surface area contributed by atoms with Crippen LogP contribution in [0.2, 0.25) is 0 Å². The Morgan fingerprint density at radius 3 is 2.86 bits per heavy atom. The molecule has 1 aliphatic rings. The number of nitrogens with one attached hydrogen (secondary N) is 2. The van der Waals surface area contributed by atoms with Crippen LogP contribution in [0.5, 0.6) is 0 Å². The van der Waals surface area contributed by atoms with Crippen LogP contribution in [0.3, 0.4) is 0 Å². The standard InChI is InChI=1S/C12H19F3N6/c1-2-16-11(17-6-5-12(13,14)15)18-8-10-20-19-9-4-3-7-21(9)10/h2-8H2,1H3,(H2,16,17,18). The van der Waals surface area contributed by atoms with E-state index in [1.165, 1.54) is 0 Å². The number of aryl methyl sites for hydroxylation is 1. The Morgan fingerprint density at radius 1 is 1.33 bits per heavy atom. The Morgan fingerprint density at radius 2 is 2.14 bits per heavy atom. The summed E-state index contributed by atoms with van der Waals surface area (Å²) in [5, 5.41) is 13.7. The zero-order valence-corrected chi connectivity index (χ0v) is 11.9. The summed E-state index contributed by atoms with van der Waals surface area (Å²) in [6.07, 6.45) is -3.10. The van der Waals surface area contributed by atoms with Crippen molar-refractivity contribution in [2.45, 2.75) is 45.5 Å². The third kappa shape index (κ3) is 4.61. The van der Waals surface area contributed by atoms with Crippen molar-refractivity contribution in [2.75, 3.05) is 13.1 Å². The van der Waals surface area contributed by atoms with Crippen molar-refractivity contribution in [1.82, 2.24) is 25.4 Å². The molecule has 0 radical (unpaired) electrons. The summed E-state index contributed by atoms with van der Waals surface area (Å²) in [6.45, 7) is 3.42. The molecule has 6 nitrogen and oxygen atoms in total. The number of halogens is 3. The van der Waals surface area contributed by atoms with Gasteiger partial charge in [-0.25, -0.2) is 4.99 Å². The lowest BCUT2D eigenvalue weighted by Crippen LogP contribution is -2.39. The van der Waals surface area contributed by atoms with E-state index in [0.717, 1.165) is 31.0 Å². The summed E-state index contributed by atoms with van der Waals surface area (Å²) >= 11 is 0. The largest absolute Gasteiger partial charge is 0.390 e. The lowest BCUT2D eigenvalue weighted by molar-refractivity contribution is -0.132. The molecule has 0 amide bonds. The Kier molecular flexibility index (Phi) is 5.03. The van der Waals surface area contributed by atoms with Gasteiger partial charge in [0.15, 0.2) is 11.8 Å². The highest BCUT2D eigenvalue weighted by molar-refractivity contribution is 5.79. The second-order valence-electron chi connectivity index (χ2n) is 4.77. The van der Waals surface area contributed by atoms with Crippen molar-refractivity contribution in [3.05, 3.63) is 11.6 Å².